The summed E-state index contributed by atoms with van der Waals surface area (Å²) in [7, 11) is 0. The first-order valence-electron chi connectivity index (χ1n) is 10.6. The summed E-state index contributed by atoms with van der Waals surface area (Å²) in [4.78, 5) is 29.7. The van der Waals surface area contributed by atoms with Crippen LogP contribution >= 0.6 is 11.3 Å². The van der Waals surface area contributed by atoms with Crippen LogP contribution in [0.2, 0.25) is 0 Å². The molecule has 164 valence electrons. The standard InChI is InChI=1S/C25H25N3O3S/c1-18-7-9-19(10-8-18)11-12-23(29)26-13-14-31-24(30)15-21-17-32-25-27-22(16-28(21)25)20-5-3-2-4-6-20/h2-10,16-17H,11-15H2,1H3,(H,26,29). The number of aromatic nitrogens is 2. The number of imidazole rings is 1. The summed E-state index contributed by atoms with van der Waals surface area (Å²) in [5.41, 5.74) is 5.09. The van der Waals surface area contributed by atoms with E-state index in [2.05, 4.69) is 10.3 Å². The van der Waals surface area contributed by atoms with Crippen LogP contribution in [0, 0.1) is 6.92 Å². The van der Waals surface area contributed by atoms with Crippen LogP contribution in [-0.4, -0.2) is 34.4 Å². The summed E-state index contributed by atoms with van der Waals surface area (Å²) < 4.78 is 7.23. The van der Waals surface area contributed by atoms with Gasteiger partial charge >= 0.3 is 5.97 Å². The number of rotatable bonds is 9. The van der Waals surface area contributed by atoms with Crippen molar-refractivity contribution in [2.75, 3.05) is 13.2 Å². The van der Waals surface area contributed by atoms with E-state index in [1.165, 1.54) is 16.9 Å². The van der Waals surface area contributed by atoms with Crippen molar-refractivity contribution >= 4 is 28.2 Å². The van der Waals surface area contributed by atoms with Gasteiger partial charge in [-0.2, -0.15) is 0 Å². The lowest BCUT2D eigenvalue weighted by Gasteiger charge is -2.07. The van der Waals surface area contributed by atoms with Gasteiger partial charge in [-0.1, -0.05) is 60.2 Å². The second kappa shape index (κ2) is 10.2. The fourth-order valence-electron chi connectivity index (χ4n) is 3.36. The minimum atomic E-state index is -0.325. The largest absolute Gasteiger partial charge is 0.464 e. The first-order valence-corrected chi connectivity index (χ1v) is 11.5. The van der Waals surface area contributed by atoms with Crippen molar-refractivity contribution in [2.45, 2.75) is 26.2 Å². The zero-order chi connectivity index (χ0) is 22.3. The number of nitrogens with one attached hydrogen (secondary N) is 1. The Kier molecular flexibility index (Phi) is 6.97. The number of esters is 1. The van der Waals surface area contributed by atoms with Crippen LogP contribution < -0.4 is 5.32 Å². The van der Waals surface area contributed by atoms with E-state index in [-0.39, 0.29) is 24.9 Å². The molecule has 0 fully saturated rings. The second-order valence-electron chi connectivity index (χ2n) is 7.60. The molecule has 1 N–H and O–H groups in total. The lowest BCUT2D eigenvalue weighted by Crippen LogP contribution is -2.28. The maximum Gasteiger partial charge on any atom is 0.311 e. The van der Waals surface area contributed by atoms with Gasteiger partial charge in [-0.25, -0.2) is 4.98 Å². The Morgan fingerprint density at radius 2 is 1.88 bits per heavy atom. The quantitative estimate of drug-likeness (QED) is 0.308. The first kappa shape index (κ1) is 21.8. The van der Waals surface area contributed by atoms with Gasteiger partial charge in [0.1, 0.15) is 6.61 Å². The summed E-state index contributed by atoms with van der Waals surface area (Å²) in [6.07, 6.45) is 3.20. The summed E-state index contributed by atoms with van der Waals surface area (Å²) in [6.45, 7) is 2.50. The molecule has 1 amide bonds. The molecular formula is C25H25N3O3S. The van der Waals surface area contributed by atoms with Gasteiger partial charge in [0, 0.05) is 29.3 Å². The van der Waals surface area contributed by atoms with Crippen molar-refractivity contribution in [1.29, 1.82) is 0 Å². The molecule has 0 saturated heterocycles. The Labute approximate surface area is 190 Å². The summed E-state index contributed by atoms with van der Waals surface area (Å²) in [5, 5.41) is 4.72. The molecule has 2 aromatic carbocycles. The van der Waals surface area contributed by atoms with Crippen LogP contribution in [0.3, 0.4) is 0 Å². The number of ether oxygens (including phenoxy) is 1. The van der Waals surface area contributed by atoms with E-state index in [1.54, 1.807) is 0 Å². The Bertz CT molecular complexity index is 1200. The van der Waals surface area contributed by atoms with Gasteiger partial charge in [0.15, 0.2) is 4.96 Å². The predicted molar refractivity (Wildman–Crippen MR) is 126 cm³/mol. The molecule has 4 rings (SSSR count). The number of carbonyl (C=O) groups excluding carboxylic acids is 2. The lowest BCUT2D eigenvalue weighted by atomic mass is 10.1. The first-order chi connectivity index (χ1) is 15.6. The van der Waals surface area contributed by atoms with E-state index in [9.17, 15) is 9.59 Å². The number of aryl methyl sites for hydroxylation is 2. The van der Waals surface area contributed by atoms with Crippen LogP contribution in [0.1, 0.15) is 23.2 Å². The number of fused-ring (bicyclic) bond motifs is 1. The minimum absolute atomic E-state index is 0.0481. The lowest BCUT2D eigenvalue weighted by molar-refractivity contribution is -0.143. The minimum Gasteiger partial charge on any atom is -0.464 e. The van der Waals surface area contributed by atoms with Crippen LogP contribution in [0.4, 0.5) is 0 Å². The van der Waals surface area contributed by atoms with Crippen molar-refractivity contribution in [1.82, 2.24) is 14.7 Å². The SMILES string of the molecule is Cc1ccc(CCC(=O)NCCOC(=O)Cc2csc3nc(-c4ccccc4)cn23)cc1. The maximum atomic E-state index is 12.2. The summed E-state index contributed by atoms with van der Waals surface area (Å²) in [6, 6.07) is 18.1. The second-order valence-corrected chi connectivity index (χ2v) is 8.44. The van der Waals surface area contributed by atoms with Gasteiger partial charge in [-0.3, -0.25) is 14.0 Å². The number of thiazole rings is 1. The molecule has 7 heteroatoms. The number of hydrogen-bond donors (Lipinski definition) is 1. The Morgan fingerprint density at radius 1 is 1.09 bits per heavy atom. The zero-order valence-electron chi connectivity index (χ0n) is 17.9. The fraction of sp³-hybridized carbons (Fsp3) is 0.240. The maximum absolute atomic E-state index is 12.2. The molecular weight excluding hydrogens is 422 g/mol. The number of hydrogen-bond acceptors (Lipinski definition) is 5. The number of nitrogens with zero attached hydrogens (tertiary/aromatic N) is 2. The number of amides is 1. The van der Waals surface area contributed by atoms with E-state index < -0.39 is 0 Å². The number of carbonyl (C=O) groups is 2. The normalized spacial score (nSPS) is 10.9. The van der Waals surface area contributed by atoms with Crippen LogP contribution in [0.5, 0.6) is 0 Å². The molecule has 0 bridgehead atoms. The Hall–Kier alpha value is -3.45. The molecule has 0 spiro atoms. The van der Waals surface area contributed by atoms with Crippen molar-refractivity contribution in [3.05, 3.63) is 83.0 Å². The van der Waals surface area contributed by atoms with E-state index in [0.29, 0.717) is 19.4 Å². The molecule has 4 aromatic rings. The molecule has 6 nitrogen and oxygen atoms in total. The smallest absolute Gasteiger partial charge is 0.311 e. The van der Waals surface area contributed by atoms with E-state index in [4.69, 9.17) is 4.74 Å². The van der Waals surface area contributed by atoms with Gasteiger partial charge in [-0.05, 0) is 18.9 Å². The van der Waals surface area contributed by atoms with Crippen molar-refractivity contribution in [3.8, 4) is 11.3 Å². The van der Waals surface area contributed by atoms with Crippen LogP contribution in [-0.2, 0) is 27.2 Å². The third-order valence-electron chi connectivity index (χ3n) is 5.13. The molecule has 0 aliphatic carbocycles. The average Bonchev–Trinajstić information content (AvgIpc) is 3.39. The molecule has 0 aliphatic heterocycles. The topological polar surface area (TPSA) is 72.7 Å². The third-order valence-corrected chi connectivity index (χ3v) is 6.02. The zero-order valence-corrected chi connectivity index (χ0v) is 18.7. The molecule has 0 atom stereocenters. The monoisotopic (exact) mass is 447 g/mol. The highest BCUT2D eigenvalue weighted by Crippen LogP contribution is 2.23. The van der Waals surface area contributed by atoms with Crippen LogP contribution in [0.15, 0.2) is 66.2 Å². The molecule has 32 heavy (non-hydrogen) atoms. The van der Waals surface area contributed by atoms with E-state index in [0.717, 1.165) is 27.5 Å². The molecule has 0 unspecified atom stereocenters. The predicted octanol–water partition coefficient (Wildman–Crippen LogP) is 4.21. The van der Waals surface area contributed by atoms with E-state index >= 15 is 0 Å². The average molecular weight is 448 g/mol. The highest BCUT2D eigenvalue weighted by molar-refractivity contribution is 7.15. The Balaban J connectivity index is 1.20. The van der Waals surface area contributed by atoms with Gasteiger partial charge in [0.2, 0.25) is 5.91 Å². The highest BCUT2D eigenvalue weighted by Gasteiger charge is 2.13. The van der Waals surface area contributed by atoms with Crippen molar-refractivity contribution in [3.63, 3.8) is 0 Å². The fourth-order valence-corrected chi connectivity index (χ4v) is 4.23. The molecule has 0 aliphatic rings. The molecule has 2 heterocycles. The third kappa shape index (κ3) is 5.62. The number of benzene rings is 2. The van der Waals surface area contributed by atoms with Gasteiger partial charge in [0.05, 0.1) is 18.7 Å². The summed E-state index contributed by atoms with van der Waals surface area (Å²) in [5.74, 6) is -0.374. The summed E-state index contributed by atoms with van der Waals surface area (Å²) >= 11 is 1.50. The van der Waals surface area contributed by atoms with Crippen molar-refractivity contribution < 1.29 is 14.3 Å². The van der Waals surface area contributed by atoms with Gasteiger partial charge in [-0.15, -0.1) is 11.3 Å². The molecule has 0 saturated carbocycles. The van der Waals surface area contributed by atoms with E-state index in [1.807, 2.05) is 77.5 Å². The highest BCUT2D eigenvalue weighted by atomic mass is 32.1. The molecule has 2 aromatic heterocycles. The van der Waals surface area contributed by atoms with Gasteiger partial charge < -0.3 is 10.1 Å². The van der Waals surface area contributed by atoms with Gasteiger partial charge in [0.25, 0.3) is 0 Å². The molecule has 0 radical (unpaired) electrons. The van der Waals surface area contributed by atoms with Crippen LogP contribution in [0.25, 0.3) is 16.2 Å². The Morgan fingerprint density at radius 3 is 2.66 bits per heavy atom. The van der Waals surface area contributed by atoms with Crippen molar-refractivity contribution in [2.24, 2.45) is 0 Å².